The van der Waals surface area contributed by atoms with Crippen molar-refractivity contribution in [2.45, 2.75) is 25.9 Å². The minimum absolute atomic E-state index is 0.0855. The van der Waals surface area contributed by atoms with Crippen LogP contribution < -0.4 is 4.74 Å². The van der Waals surface area contributed by atoms with Crippen LogP contribution in [0.15, 0.2) is 47.7 Å². The summed E-state index contributed by atoms with van der Waals surface area (Å²) in [5.74, 6) is 0.358. The van der Waals surface area contributed by atoms with E-state index in [0.717, 1.165) is 30.7 Å². The summed E-state index contributed by atoms with van der Waals surface area (Å²) in [4.78, 5) is 21.0. The first-order chi connectivity index (χ1) is 12.8. The summed E-state index contributed by atoms with van der Waals surface area (Å²) in [6.07, 6.45) is 2.78. The fraction of sp³-hybridized carbons (Fsp3) is 0.421. The Hall–Kier alpha value is -2.64. The molecule has 1 saturated heterocycles. The molecule has 0 N–H and O–H groups in total. The van der Waals surface area contributed by atoms with Crippen molar-refractivity contribution in [1.29, 1.82) is 0 Å². The summed E-state index contributed by atoms with van der Waals surface area (Å²) < 4.78 is 43.3. The number of ether oxygens (including phenoxy) is 1. The van der Waals surface area contributed by atoms with Crippen LogP contribution in [0.3, 0.4) is 0 Å². The van der Waals surface area contributed by atoms with Crippen LogP contribution in [0.5, 0.6) is 5.75 Å². The number of rotatable bonds is 6. The minimum Gasteiger partial charge on any atom is -0.488 e. The van der Waals surface area contributed by atoms with E-state index < -0.39 is 11.9 Å². The van der Waals surface area contributed by atoms with Gasteiger partial charge >= 0.3 is 6.18 Å². The molecule has 0 saturated carbocycles. The molecule has 0 spiro atoms. The number of piperidine rings is 1. The van der Waals surface area contributed by atoms with Gasteiger partial charge in [0, 0.05) is 25.5 Å². The third-order valence-electron chi connectivity index (χ3n) is 4.33. The van der Waals surface area contributed by atoms with Gasteiger partial charge in [-0.25, -0.2) is 4.98 Å². The molecule has 27 heavy (non-hydrogen) atoms. The highest BCUT2D eigenvalue weighted by Crippen LogP contribution is 2.29. The largest absolute Gasteiger partial charge is 0.488 e. The van der Waals surface area contributed by atoms with Crippen molar-refractivity contribution < 1.29 is 22.7 Å². The van der Waals surface area contributed by atoms with Crippen LogP contribution in [-0.2, 0) is 11.0 Å². The van der Waals surface area contributed by atoms with E-state index in [1.54, 1.807) is 24.2 Å². The van der Waals surface area contributed by atoms with Crippen LogP contribution >= 0.6 is 0 Å². The number of carbonyl (C=O) groups excluding carboxylic acids is 1. The van der Waals surface area contributed by atoms with E-state index in [4.69, 9.17) is 4.74 Å². The fourth-order valence-corrected chi connectivity index (χ4v) is 2.83. The highest BCUT2D eigenvalue weighted by atomic mass is 19.4. The van der Waals surface area contributed by atoms with Crippen LogP contribution in [0.1, 0.15) is 25.5 Å². The molecule has 0 bridgehead atoms. The van der Waals surface area contributed by atoms with Gasteiger partial charge in [-0.3, -0.25) is 9.79 Å². The molecular weight excluding hydrogens is 359 g/mol. The molecule has 2 rings (SSSR count). The van der Waals surface area contributed by atoms with Crippen LogP contribution in [0.4, 0.5) is 13.2 Å². The molecule has 146 valence electrons. The number of hydrogen-bond donors (Lipinski definition) is 0. The van der Waals surface area contributed by atoms with E-state index in [-0.39, 0.29) is 24.2 Å². The molecule has 2 heterocycles. The van der Waals surface area contributed by atoms with Crippen molar-refractivity contribution in [3.8, 4) is 5.75 Å². The number of likely N-dealkylation sites (tertiary alicyclic amines) is 1. The maximum absolute atomic E-state index is 12.6. The van der Waals surface area contributed by atoms with E-state index in [2.05, 4.69) is 16.6 Å². The lowest BCUT2D eigenvalue weighted by Crippen LogP contribution is -2.38. The molecule has 1 aromatic rings. The molecule has 1 aromatic heterocycles. The average Bonchev–Trinajstić information content (AvgIpc) is 2.67. The molecule has 5 nitrogen and oxygen atoms in total. The minimum atomic E-state index is -4.48. The van der Waals surface area contributed by atoms with E-state index in [1.807, 2.05) is 0 Å². The Morgan fingerprint density at radius 1 is 1.41 bits per heavy atom. The summed E-state index contributed by atoms with van der Waals surface area (Å²) in [6.45, 7) is 6.72. The Bertz CT molecular complexity index is 704. The quantitative estimate of drug-likeness (QED) is 0.555. The third-order valence-corrected chi connectivity index (χ3v) is 4.33. The molecule has 0 atom stereocenters. The summed E-state index contributed by atoms with van der Waals surface area (Å²) in [5, 5.41) is 0. The average molecular weight is 381 g/mol. The number of carbonyl (C=O) groups is 1. The molecule has 0 radical (unpaired) electrons. The third kappa shape index (κ3) is 5.94. The second-order valence-electron chi connectivity index (χ2n) is 6.08. The number of aliphatic imine (C=N–C) groups is 1. The SMILES string of the molecule is C=CC(=O)N1CCC(/C(=C/N=C\C)COc2ccc(C(F)(F)F)nc2)CC1. The summed E-state index contributed by atoms with van der Waals surface area (Å²) >= 11 is 0. The first-order valence-corrected chi connectivity index (χ1v) is 8.59. The van der Waals surface area contributed by atoms with Gasteiger partial charge in [-0.2, -0.15) is 13.2 Å². The van der Waals surface area contributed by atoms with Crippen LogP contribution in [0, 0.1) is 5.92 Å². The topological polar surface area (TPSA) is 54.8 Å². The van der Waals surface area contributed by atoms with Gasteiger partial charge < -0.3 is 9.64 Å². The molecule has 1 aliphatic rings. The zero-order valence-electron chi connectivity index (χ0n) is 15.1. The number of hydrogen-bond acceptors (Lipinski definition) is 4. The maximum atomic E-state index is 12.6. The van der Waals surface area contributed by atoms with Gasteiger partial charge in [0.25, 0.3) is 0 Å². The molecule has 0 aromatic carbocycles. The predicted octanol–water partition coefficient (Wildman–Crippen LogP) is 3.88. The Balaban J connectivity index is 1.99. The van der Waals surface area contributed by atoms with Gasteiger partial charge in [-0.15, -0.1) is 0 Å². The summed E-state index contributed by atoms with van der Waals surface area (Å²) in [7, 11) is 0. The summed E-state index contributed by atoms with van der Waals surface area (Å²) in [5.41, 5.74) is -0.0286. The highest BCUT2D eigenvalue weighted by molar-refractivity contribution is 5.87. The monoisotopic (exact) mass is 381 g/mol. The number of aromatic nitrogens is 1. The number of nitrogens with zero attached hydrogens (tertiary/aromatic N) is 3. The molecule has 1 amide bonds. The van der Waals surface area contributed by atoms with Crippen molar-refractivity contribution in [3.05, 3.63) is 48.5 Å². The molecule has 0 aliphatic carbocycles. The van der Waals surface area contributed by atoms with Crippen molar-refractivity contribution in [3.63, 3.8) is 0 Å². The lowest BCUT2D eigenvalue weighted by atomic mass is 9.90. The second-order valence-corrected chi connectivity index (χ2v) is 6.08. The van der Waals surface area contributed by atoms with Gasteiger partial charge in [-0.1, -0.05) is 6.58 Å². The molecule has 1 fully saturated rings. The first-order valence-electron chi connectivity index (χ1n) is 8.59. The van der Waals surface area contributed by atoms with Crippen LogP contribution in [0.2, 0.25) is 0 Å². The lowest BCUT2D eigenvalue weighted by Gasteiger charge is -2.32. The van der Waals surface area contributed by atoms with E-state index in [9.17, 15) is 18.0 Å². The molecular formula is C19H22F3N3O2. The van der Waals surface area contributed by atoms with Gasteiger partial charge in [0.15, 0.2) is 0 Å². The number of halogens is 3. The van der Waals surface area contributed by atoms with Gasteiger partial charge in [0.2, 0.25) is 5.91 Å². The smallest absolute Gasteiger partial charge is 0.433 e. The van der Waals surface area contributed by atoms with E-state index >= 15 is 0 Å². The molecule has 0 unspecified atom stereocenters. The van der Waals surface area contributed by atoms with Crippen molar-refractivity contribution in [2.75, 3.05) is 19.7 Å². The van der Waals surface area contributed by atoms with E-state index in [0.29, 0.717) is 13.1 Å². The summed E-state index contributed by atoms with van der Waals surface area (Å²) in [6, 6.07) is 2.14. The van der Waals surface area contributed by atoms with Gasteiger partial charge in [0.1, 0.15) is 18.1 Å². The van der Waals surface area contributed by atoms with Crippen molar-refractivity contribution in [2.24, 2.45) is 10.9 Å². The van der Waals surface area contributed by atoms with Crippen LogP contribution in [0.25, 0.3) is 0 Å². The van der Waals surface area contributed by atoms with Gasteiger partial charge in [0.05, 0.1) is 6.20 Å². The fourth-order valence-electron chi connectivity index (χ4n) is 2.83. The maximum Gasteiger partial charge on any atom is 0.433 e. The Kier molecular flexibility index (Phi) is 7.15. The normalized spacial score (nSPS) is 16.6. The van der Waals surface area contributed by atoms with Gasteiger partial charge in [-0.05, 0) is 49.5 Å². The zero-order valence-corrected chi connectivity index (χ0v) is 15.1. The molecule has 1 aliphatic heterocycles. The Labute approximate surface area is 156 Å². The van der Waals surface area contributed by atoms with E-state index in [1.165, 1.54) is 12.1 Å². The standard InChI is InChI=1S/C19H22F3N3O2/c1-3-18(26)25-9-7-14(8-10-25)15(11-23-4-2)13-27-16-5-6-17(24-12-16)19(20,21)22/h3-6,11-12,14H,1,7-10,13H2,2H3/b15-11+,23-4-. The number of pyridine rings is 1. The highest BCUT2D eigenvalue weighted by Gasteiger charge is 2.32. The van der Waals surface area contributed by atoms with Crippen molar-refractivity contribution in [1.82, 2.24) is 9.88 Å². The predicted molar refractivity (Wildman–Crippen MR) is 96.5 cm³/mol. The van der Waals surface area contributed by atoms with Crippen LogP contribution in [-0.4, -0.2) is 41.7 Å². The second kappa shape index (κ2) is 9.34. The first kappa shape index (κ1) is 20.7. The molecule has 8 heteroatoms. The zero-order chi connectivity index (χ0) is 19.9. The lowest BCUT2D eigenvalue weighted by molar-refractivity contribution is -0.141. The Morgan fingerprint density at radius 2 is 2.11 bits per heavy atom. The number of amides is 1. The number of alkyl halides is 3. The van der Waals surface area contributed by atoms with Crippen molar-refractivity contribution >= 4 is 12.1 Å². The Morgan fingerprint density at radius 3 is 2.63 bits per heavy atom.